The summed E-state index contributed by atoms with van der Waals surface area (Å²) in [6.07, 6.45) is -13.3. The van der Waals surface area contributed by atoms with Gasteiger partial charge >= 0.3 is 20.2 Å². The van der Waals surface area contributed by atoms with Crippen molar-refractivity contribution in [3.63, 3.8) is 0 Å². The zero-order chi connectivity index (χ0) is 30.2. The third kappa shape index (κ3) is 7.16. The third-order valence-corrected chi connectivity index (χ3v) is 11.0. The fourth-order valence-corrected chi connectivity index (χ4v) is 8.64. The van der Waals surface area contributed by atoms with Crippen molar-refractivity contribution in [1.29, 1.82) is 0 Å². The first-order valence-corrected chi connectivity index (χ1v) is 16.1. The van der Waals surface area contributed by atoms with E-state index in [9.17, 15) is 48.8 Å². The van der Waals surface area contributed by atoms with Gasteiger partial charge in [-0.2, -0.15) is 0 Å². The molecular weight excluding hydrogens is 632 g/mol. The molecule has 0 bridgehead atoms. The summed E-state index contributed by atoms with van der Waals surface area (Å²) in [6.45, 7) is -3.45. The Bertz CT molecular complexity index is 1290. The molecule has 2 saturated heterocycles. The lowest BCUT2D eigenvalue weighted by atomic mass is 9.96. The summed E-state index contributed by atoms with van der Waals surface area (Å²) in [5.41, 5.74) is -4.41. The van der Waals surface area contributed by atoms with Gasteiger partial charge in [0, 0.05) is 12.3 Å². The smallest absolute Gasteiger partial charge is 0.393 e. The van der Waals surface area contributed by atoms with E-state index in [0.717, 1.165) is 22.9 Å². The Morgan fingerprint density at radius 1 is 1.27 bits per heavy atom. The number of aliphatic hydroxyl groups excluding tert-OH is 5. The highest BCUT2D eigenvalue weighted by Crippen LogP contribution is 2.62. The van der Waals surface area contributed by atoms with Gasteiger partial charge in [0.2, 0.25) is 0 Å². The lowest BCUT2D eigenvalue weighted by molar-refractivity contribution is -0.287. The second-order valence-corrected chi connectivity index (χ2v) is 14.3. The Balaban J connectivity index is 1.69. The van der Waals surface area contributed by atoms with E-state index < -0.39 is 98.3 Å². The van der Waals surface area contributed by atoms with Crippen LogP contribution in [0.1, 0.15) is 5.37 Å². The van der Waals surface area contributed by atoms with Crippen LogP contribution in [-0.4, -0.2) is 112 Å². The van der Waals surface area contributed by atoms with Crippen LogP contribution in [0.15, 0.2) is 34.5 Å². The molecule has 0 amide bonds. The molecule has 3 heterocycles. The number of hydrogen-bond donors (Lipinski definition) is 8. The molecule has 2 fully saturated rings. The molecule has 12 atom stereocenters. The Labute approximate surface area is 232 Å². The molecule has 40 heavy (non-hydrogen) atoms. The largest absolute Gasteiger partial charge is 0.481 e. The standard InChI is InChI=1S/C18H26F2N2O14P2S2/c1-2-18(20)14(28)8(40-16(18)22-4-3-9(24)21-17(22)29)6-33-38(32,39)36-37(30,31)35-15-12(27)10(25)11(26)13(34-15)7(19)5-23/h2-4,7-8,10-16,23,25-28H,1,5-6H2,(H,30,31)(H,32,39)(H,21,24,29)/t7-,8+,10?,11?,12?,13?,14+,15?,16+,18+,38?/m0/s1. The monoisotopic (exact) mass is 658 g/mol. The summed E-state index contributed by atoms with van der Waals surface area (Å²) in [7, 11) is -5.54. The molecule has 0 aliphatic carbocycles. The maximum absolute atomic E-state index is 15.6. The molecule has 2 aliphatic heterocycles. The molecule has 0 aromatic carbocycles. The fourth-order valence-electron chi connectivity index (χ4n) is 3.85. The minimum Gasteiger partial charge on any atom is -0.393 e. The van der Waals surface area contributed by atoms with Gasteiger partial charge in [-0.1, -0.05) is 6.58 Å². The first kappa shape index (κ1) is 33.6. The van der Waals surface area contributed by atoms with Gasteiger partial charge in [-0.05, 0) is 17.9 Å². The number of ether oxygens (including phenoxy) is 1. The van der Waals surface area contributed by atoms with Crippen LogP contribution in [0.2, 0.25) is 0 Å². The second-order valence-electron chi connectivity index (χ2n) is 8.58. The van der Waals surface area contributed by atoms with Gasteiger partial charge in [-0.3, -0.25) is 18.9 Å². The predicted molar refractivity (Wildman–Crippen MR) is 135 cm³/mol. The number of aromatic amines is 1. The lowest BCUT2D eigenvalue weighted by Crippen LogP contribution is -2.60. The number of phosphoric acid groups is 1. The number of halogens is 2. The predicted octanol–water partition coefficient (Wildman–Crippen LogP) is -2.09. The van der Waals surface area contributed by atoms with Crippen molar-refractivity contribution < 1.29 is 66.8 Å². The van der Waals surface area contributed by atoms with Crippen molar-refractivity contribution in [1.82, 2.24) is 9.55 Å². The van der Waals surface area contributed by atoms with Gasteiger partial charge in [0.1, 0.15) is 35.9 Å². The first-order valence-electron chi connectivity index (χ1n) is 11.1. The number of nitrogens with zero attached hydrogens (tertiary/aromatic N) is 1. The number of phosphoric ester groups is 1. The first-order chi connectivity index (χ1) is 18.5. The number of H-pyrrole nitrogens is 1. The van der Waals surface area contributed by atoms with Gasteiger partial charge in [0.15, 0.2) is 18.1 Å². The molecule has 2 aliphatic rings. The van der Waals surface area contributed by atoms with Crippen LogP contribution in [-0.2, 0) is 34.5 Å². The van der Waals surface area contributed by atoms with Crippen LogP contribution >= 0.6 is 26.3 Å². The number of aliphatic hydroxyl groups is 5. The molecule has 1 aromatic rings. The van der Waals surface area contributed by atoms with Crippen LogP contribution < -0.4 is 11.2 Å². The van der Waals surface area contributed by atoms with E-state index in [1.54, 1.807) is 0 Å². The normalized spacial score (nSPS) is 38.3. The average molecular weight is 658 g/mol. The summed E-state index contributed by atoms with van der Waals surface area (Å²) in [5, 5.41) is 46.4. The van der Waals surface area contributed by atoms with Gasteiger partial charge in [-0.25, -0.2) is 22.5 Å². The third-order valence-electron chi connectivity index (χ3n) is 5.89. The van der Waals surface area contributed by atoms with Gasteiger partial charge in [0.25, 0.3) is 5.56 Å². The van der Waals surface area contributed by atoms with Crippen molar-refractivity contribution in [2.24, 2.45) is 0 Å². The maximum atomic E-state index is 15.6. The SMILES string of the molecule is C=C[C@@]1(F)[C@H](O)[C@@H](COP(O)(=S)OP(=O)(O)OC2OC([C@@H](F)CO)C(O)C(O)C2O)S[C@H]1n1ccc(=O)[nH]c1=O. The summed E-state index contributed by atoms with van der Waals surface area (Å²) >= 11 is 5.27. The lowest BCUT2D eigenvalue weighted by Gasteiger charge is -2.41. The highest BCUT2D eigenvalue weighted by Gasteiger charge is 2.56. The molecule has 22 heteroatoms. The molecule has 228 valence electrons. The quantitative estimate of drug-likeness (QED) is 0.0938. The molecular formula is C18H26F2N2O14P2S2. The van der Waals surface area contributed by atoms with Crippen molar-refractivity contribution in [2.75, 3.05) is 13.2 Å². The zero-order valence-corrected chi connectivity index (χ0v) is 23.4. The van der Waals surface area contributed by atoms with Crippen molar-refractivity contribution in [3.8, 4) is 0 Å². The topological polar surface area (TPSA) is 250 Å². The Morgan fingerprint density at radius 3 is 2.50 bits per heavy atom. The number of alkyl halides is 2. The van der Waals surface area contributed by atoms with Crippen molar-refractivity contribution in [3.05, 3.63) is 45.8 Å². The van der Waals surface area contributed by atoms with Crippen LogP contribution in [0.5, 0.6) is 0 Å². The maximum Gasteiger partial charge on any atom is 0.481 e. The van der Waals surface area contributed by atoms with E-state index in [4.69, 9.17) is 14.4 Å². The van der Waals surface area contributed by atoms with E-state index in [2.05, 4.69) is 27.2 Å². The average Bonchev–Trinajstić information content (AvgIpc) is 3.12. The second kappa shape index (κ2) is 12.7. The highest BCUT2D eigenvalue weighted by atomic mass is 32.5. The van der Waals surface area contributed by atoms with Gasteiger partial charge in [0.05, 0.1) is 18.5 Å². The molecule has 7 unspecified atom stereocenters. The zero-order valence-electron chi connectivity index (χ0n) is 20.0. The van der Waals surface area contributed by atoms with Crippen LogP contribution in [0, 0.1) is 0 Å². The fraction of sp³-hybridized carbons (Fsp3) is 0.667. The van der Waals surface area contributed by atoms with Crippen molar-refractivity contribution >= 4 is 38.1 Å². The van der Waals surface area contributed by atoms with E-state index >= 15 is 4.39 Å². The van der Waals surface area contributed by atoms with Gasteiger partial charge in [-0.15, -0.1) is 11.8 Å². The van der Waals surface area contributed by atoms with Crippen LogP contribution in [0.4, 0.5) is 8.78 Å². The number of thioether (sulfide) groups is 1. The minimum absolute atomic E-state index is 0.617. The Kier molecular flexibility index (Phi) is 10.7. The molecule has 3 rings (SSSR count). The van der Waals surface area contributed by atoms with Crippen molar-refractivity contribution in [2.45, 2.75) is 59.3 Å². The van der Waals surface area contributed by atoms with Crippen LogP contribution in [0.25, 0.3) is 0 Å². The van der Waals surface area contributed by atoms with Crippen LogP contribution in [0.3, 0.4) is 0 Å². The van der Waals surface area contributed by atoms with E-state index in [-0.39, 0.29) is 0 Å². The van der Waals surface area contributed by atoms with Gasteiger partial charge < -0.3 is 44.6 Å². The summed E-state index contributed by atoms with van der Waals surface area (Å²) in [5.74, 6) is 0. The Hall–Kier alpha value is -0.930. The Morgan fingerprint density at radius 2 is 1.93 bits per heavy atom. The van der Waals surface area contributed by atoms with E-state index in [1.165, 1.54) is 0 Å². The molecule has 16 nitrogen and oxygen atoms in total. The minimum atomic E-state index is -5.54. The summed E-state index contributed by atoms with van der Waals surface area (Å²) in [4.78, 5) is 45.8. The molecule has 8 N–H and O–H groups in total. The van der Waals surface area contributed by atoms with E-state index in [0.29, 0.717) is 11.8 Å². The molecule has 0 spiro atoms. The number of hydrogen-bond acceptors (Lipinski definition) is 14. The molecule has 0 saturated carbocycles. The highest BCUT2D eigenvalue weighted by molar-refractivity contribution is 8.08. The summed E-state index contributed by atoms with van der Waals surface area (Å²) in [6, 6.07) is 0.939. The van der Waals surface area contributed by atoms with E-state index in [1.807, 2.05) is 4.98 Å². The number of rotatable bonds is 11. The molecule has 1 aromatic heterocycles. The number of nitrogens with one attached hydrogen (secondary N) is 1. The molecule has 0 radical (unpaired) electrons. The number of aromatic nitrogens is 2. The summed E-state index contributed by atoms with van der Waals surface area (Å²) < 4.78 is 61.5.